The predicted octanol–water partition coefficient (Wildman–Crippen LogP) is 0.473. The minimum Gasteiger partial charge on any atom is -0.307 e. The lowest BCUT2D eigenvalue weighted by atomic mass is 10.4. The van der Waals surface area contributed by atoms with Crippen LogP contribution in [0.5, 0.6) is 0 Å². The van der Waals surface area contributed by atoms with Gasteiger partial charge in [-0.15, -0.1) is 23.5 Å². The zero-order valence-corrected chi connectivity index (χ0v) is 7.30. The quantitative estimate of drug-likeness (QED) is 0.605. The van der Waals surface area contributed by atoms with E-state index in [-0.39, 0.29) is 0 Å². The zero-order chi connectivity index (χ0) is 6.81. The minimum atomic E-state index is 0.667. The van der Waals surface area contributed by atoms with Gasteiger partial charge in [0.2, 0.25) is 0 Å². The normalized spacial score (nSPS) is 40.8. The van der Waals surface area contributed by atoms with Crippen molar-refractivity contribution in [2.75, 3.05) is 19.0 Å². The molecule has 0 aromatic carbocycles. The largest absolute Gasteiger partial charge is 0.307 e. The van der Waals surface area contributed by atoms with Gasteiger partial charge in [-0.3, -0.25) is 0 Å². The lowest BCUT2D eigenvalue weighted by Gasteiger charge is -2.14. The molecule has 57 valence electrons. The molecule has 2 saturated heterocycles. The van der Waals surface area contributed by atoms with Gasteiger partial charge in [-0.2, -0.15) is 0 Å². The Hall–Kier alpha value is 0.620. The molecule has 0 bridgehead atoms. The summed E-state index contributed by atoms with van der Waals surface area (Å²) < 4.78 is 0. The van der Waals surface area contributed by atoms with E-state index >= 15 is 0 Å². The van der Waals surface area contributed by atoms with Gasteiger partial charge >= 0.3 is 0 Å². The first-order chi connectivity index (χ1) is 4.97. The van der Waals surface area contributed by atoms with E-state index in [4.69, 9.17) is 0 Å². The maximum atomic E-state index is 3.45. The second-order valence-electron chi connectivity index (χ2n) is 2.44. The fourth-order valence-corrected chi connectivity index (χ4v) is 3.45. The van der Waals surface area contributed by atoms with E-state index in [2.05, 4.69) is 16.4 Å². The number of nitrogens with one attached hydrogen (secondary N) is 2. The molecule has 4 heteroatoms. The molecule has 2 rings (SSSR count). The average molecular weight is 175 g/mol. The van der Waals surface area contributed by atoms with Crippen molar-refractivity contribution in [2.24, 2.45) is 0 Å². The van der Waals surface area contributed by atoms with Gasteiger partial charge in [0.25, 0.3) is 0 Å². The fourth-order valence-electron chi connectivity index (χ4n) is 1.20. The van der Waals surface area contributed by atoms with Crippen molar-refractivity contribution in [1.29, 1.82) is 0 Å². The van der Waals surface area contributed by atoms with Crippen LogP contribution in [0.2, 0.25) is 0 Å². The van der Waals surface area contributed by atoms with Gasteiger partial charge < -0.3 is 10.6 Å². The van der Waals surface area contributed by atoms with Gasteiger partial charge in [-0.25, -0.2) is 0 Å². The number of thioether (sulfide) groups is 2. The molecule has 2 unspecified atom stereocenters. The molecule has 2 aliphatic rings. The molecule has 0 aliphatic carbocycles. The third-order valence-electron chi connectivity index (χ3n) is 1.73. The maximum Gasteiger partial charge on any atom is 0.0669 e. The molecule has 0 aromatic rings. The highest BCUT2D eigenvalue weighted by Crippen LogP contribution is 2.29. The topological polar surface area (TPSA) is 24.1 Å². The SMILES string of the molecule is [CH]1CNC(C2CNCS2)S1. The molecule has 10 heavy (non-hydrogen) atoms. The van der Waals surface area contributed by atoms with Gasteiger partial charge in [0.15, 0.2) is 0 Å². The summed E-state index contributed by atoms with van der Waals surface area (Å²) in [7, 11) is 0. The molecule has 2 nitrogen and oxygen atoms in total. The van der Waals surface area contributed by atoms with Gasteiger partial charge in [-0.05, 0) is 0 Å². The van der Waals surface area contributed by atoms with E-state index in [1.807, 2.05) is 23.5 Å². The maximum absolute atomic E-state index is 3.45. The Balaban J connectivity index is 1.85. The standard InChI is InChI=1S/C6H11N2S2/c1-2-9-6(8-1)5-3-7-4-10-5/h2,5-8H,1,3-4H2. The van der Waals surface area contributed by atoms with Crippen LogP contribution in [0.25, 0.3) is 0 Å². The lowest BCUT2D eigenvalue weighted by Crippen LogP contribution is -2.32. The van der Waals surface area contributed by atoms with Gasteiger partial charge in [-0.1, -0.05) is 0 Å². The third-order valence-corrected chi connectivity index (χ3v) is 4.29. The number of hydrogen-bond acceptors (Lipinski definition) is 4. The first-order valence-electron chi connectivity index (χ1n) is 3.49. The molecule has 0 aromatic heterocycles. The summed E-state index contributed by atoms with van der Waals surface area (Å²) >= 11 is 3.97. The van der Waals surface area contributed by atoms with E-state index in [1.54, 1.807) is 0 Å². The highest BCUT2D eigenvalue weighted by molar-refractivity contribution is 8.05. The highest BCUT2D eigenvalue weighted by Gasteiger charge is 2.27. The van der Waals surface area contributed by atoms with Crippen molar-refractivity contribution in [3.8, 4) is 0 Å². The summed E-state index contributed by atoms with van der Waals surface area (Å²) in [6.45, 7) is 2.25. The van der Waals surface area contributed by atoms with Crippen molar-refractivity contribution in [3.63, 3.8) is 0 Å². The Labute approximate surface area is 69.9 Å². The first kappa shape index (κ1) is 7.28. The van der Waals surface area contributed by atoms with Crippen LogP contribution in [0.1, 0.15) is 0 Å². The smallest absolute Gasteiger partial charge is 0.0669 e. The summed E-state index contributed by atoms with van der Waals surface area (Å²) in [4.78, 5) is 0. The number of rotatable bonds is 1. The van der Waals surface area contributed by atoms with Gasteiger partial charge in [0, 0.05) is 30.0 Å². The van der Waals surface area contributed by atoms with Crippen LogP contribution in [0.15, 0.2) is 0 Å². The van der Waals surface area contributed by atoms with Crippen LogP contribution in [-0.2, 0) is 0 Å². The summed E-state index contributed by atoms with van der Waals surface area (Å²) in [5.74, 6) is 3.38. The Morgan fingerprint density at radius 2 is 2.50 bits per heavy atom. The molecule has 0 spiro atoms. The predicted molar refractivity (Wildman–Crippen MR) is 47.9 cm³/mol. The Morgan fingerprint density at radius 3 is 3.10 bits per heavy atom. The molecule has 2 aliphatic heterocycles. The third kappa shape index (κ3) is 1.44. The second-order valence-corrected chi connectivity index (χ2v) is 4.78. The summed E-state index contributed by atoms with van der Waals surface area (Å²) in [6, 6.07) is 0. The summed E-state index contributed by atoms with van der Waals surface area (Å²) in [5, 5.41) is 8.24. The van der Waals surface area contributed by atoms with Crippen LogP contribution in [0, 0.1) is 5.75 Å². The second kappa shape index (κ2) is 3.34. The summed E-state index contributed by atoms with van der Waals surface area (Å²) in [6.07, 6.45) is 0. The molecule has 2 fully saturated rings. The molecule has 0 saturated carbocycles. The van der Waals surface area contributed by atoms with Gasteiger partial charge in [0.1, 0.15) is 0 Å². The monoisotopic (exact) mass is 175 g/mol. The van der Waals surface area contributed by atoms with Crippen LogP contribution in [0.4, 0.5) is 0 Å². The number of hydrogen-bond donors (Lipinski definition) is 2. The molecular formula is C6H11N2S2. The van der Waals surface area contributed by atoms with E-state index in [0.717, 1.165) is 17.7 Å². The first-order valence-corrected chi connectivity index (χ1v) is 5.49. The van der Waals surface area contributed by atoms with Crippen molar-refractivity contribution in [2.45, 2.75) is 10.6 Å². The van der Waals surface area contributed by atoms with Gasteiger partial charge in [0.05, 0.1) is 5.37 Å². The molecule has 2 atom stereocenters. The van der Waals surface area contributed by atoms with Crippen molar-refractivity contribution in [3.05, 3.63) is 5.75 Å². The van der Waals surface area contributed by atoms with E-state index in [1.165, 1.54) is 6.54 Å². The lowest BCUT2D eigenvalue weighted by molar-refractivity contribution is 0.664. The molecule has 1 radical (unpaired) electrons. The van der Waals surface area contributed by atoms with Crippen LogP contribution >= 0.6 is 23.5 Å². The molecule has 2 N–H and O–H groups in total. The Kier molecular flexibility index (Phi) is 2.43. The molecular weight excluding hydrogens is 164 g/mol. The van der Waals surface area contributed by atoms with Crippen molar-refractivity contribution >= 4 is 23.5 Å². The Morgan fingerprint density at radius 1 is 1.50 bits per heavy atom. The summed E-state index contributed by atoms with van der Waals surface area (Å²) in [5.41, 5.74) is 0. The van der Waals surface area contributed by atoms with Crippen molar-refractivity contribution in [1.82, 2.24) is 10.6 Å². The Bertz CT molecular complexity index is 94.3. The van der Waals surface area contributed by atoms with Crippen LogP contribution in [-0.4, -0.2) is 29.6 Å². The fraction of sp³-hybridized carbons (Fsp3) is 0.833. The van der Waals surface area contributed by atoms with Crippen LogP contribution < -0.4 is 10.6 Å². The molecule has 2 heterocycles. The van der Waals surface area contributed by atoms with Crippen molar-refractivity contribution < 1.29 is 0 Å². The van der Waals surface area contributed by atoms with E-state index in [9.17, 15) is 0 Å². The van der Waals surface area contributed by atoms with E-state index in [0.29, 0.717) is 5.37 Å². The minimum absolute atomic E-state index is 0.667. The zero-order valence-electron chi connectivity index (χ0n) is 5.67. The highest BCUT2D eigenvalue weighted by atomic mass is 32.2. The molecule has 0 amide bonds. The van der Waals surface area contributed by atoms with Crippen LogP contribution in [0.3, 0.4) is 0 Å². The average Bonchev–Trinajstić information content (AvgIpc) is 2.59. The van der Waals surface area contributed by atoms with E-state index < -0.39 is 0 Å².